The van der Waals surface area contributed by atoms with E-state index in [1.807, 2.05) is 38.1 Å². The number of thiazole rings is 1. The lowest BCUT2D eigenvalue weighted by molar-refractivity contribution is 0.464. The molecule has 4 aromatic rings. The van der Waals surface area contributed by atoms with Gasteiger partial charge in [0.25, 0.3) is 0 Å². The molecular formula is C20H18ClN5OS. The first-order valence-corrected chi connectivity index (χ1v) is 9.79. The summed E-state index contributed by atoms with van der Waals surface area (Å²) in [5.74, 6) is 1.34. The molecular weight excluding hydrogens is 394 g/mol. The predicted octanol–water partition coefficient (Wildman–Crippen LogP) is 5.78. The van der Waals surface area contributed by atoms with Gasteiger partial charge in [-0.05, 0) is 61.7 Å². The van der Waals surface area contributed by atoms with Crippen molar-refractivity contribution in [1.82, 2.24) is 15.0 Å². The smallest absolute Gasteiger partial charge is 0.248 e. The number of aromatic nitrogens is 3. The largest absolute Gasteiger partial charge is 0.437 e. The first-order chi connectivity index (χ1) is 13.4. The zero-order valence-corrected chi connectivity index (χ0v) is 17.1. The Bertz CT molecular complexity index is 1170. The van der Waals surface area contributed by atoms with Gasteiger partial charge in [0, 0.05) is 5.02 Å². The molecule has 0 unspecified atom stereocenters. The molecule has 142 valence electrons. The van der Waals surface area contributed by atoms with Crippen molar-refractivity contribution in [3.63, 3.8) is 0 Å². The van der Waals surface area contributed by atoms with Gasteiger partial charge in [-0.2, -0.15) is 4.98 Å². The topological polar surface area (TPSA) is 86.0 Å². The molecule has 0 saturated carbocycles. The lowest BCUT2D eigenvalue weighted by Crippen LogP contribution is -2.03. The van der Waals surface area contributed by atoms with E-state index >= 15 is 0 Å². The van der Waals surface area contributed by atoms with Crippen LogP contribution in [0.1, 0.15) is 16.7 Å². The van der Waals surface area contributed by atoms with E-state index in [0.717, 1.165) is 26.4 Å². The van der Waals surface area contributed by atoms with Gasteiger partial charge in [-0.3, -0.25) is 0 Å². The first kappa shape index (κ1) is 18.5. The Morgan fingerprint density at radius 3 is 2.57 bits per heavy atom. The molecule has 2 aromatic heterocycles. The number of anilines is 3. The van der Waals surface area contributed by atoms with Gasteiger partial charge in [-0.1, -0.05) is 29.0 Å². The number of ether oxygens (including phenoxy) is 1. The van der Waals surface area contributed by atoms with E-state index in [1.165, 1.54) is 23.2 Å². The summed E-state index contributed by atoms with van der Waals surface area (Å²) in [6.45, 7) is 5.90. The number of hydrogen-bond acceptors (Lipinski definition) is 7. The number of fused-ring (bicyclic) bond motifs is 1. The van der Waals surface area contributed by atoms with Crippen molar-refractivity contribution in [2.75, 3.05) is 11.1 Å². The molecule has 0 radical (unpaired) electrons. The third-order valence-corrected chi connectivity index (χ3v) is 5.77. The Labute approximate surface area is 171 Å². The van der Waals surface area contributed by atoms with Crippen LogP contribution in [-0.4, -0.2) is 15.0 Å². The summed E-state index contributed by atoms with van der Waals surface area (Å²) in [5.41, 5.74) is 10.5. The van der Waals surface area contributed by atoms with E-state index in [4.69, 9.17) is 22.1 Å². The molecule has 0 aliphatic heterocycles. The van der Waals surface area contributed by atoms with Crippen LogP contribution in [0.2, 0.25) is 5.02 Å². The molecule has 6 nitrogen and oxygen atoms in total. The van der Waals surface area contributed by atoms with Gasteiger partial charge in [-0.25, -0.2) is 9.97 Å². The lowest BCUT2D eigenvalue weighted by atomic mass is 10.1. The van der Waals surface area contributed by atoms with Crippen LogP contribution in [0.5, 0.6) is 11.6 Å². The molecule has 2 heterocycles. The fourth-order valence-corrected chi connectivity index (χ4v) is 3.90. The number of rotatable bonds is 4. The van der Waals surface area contributed by atoms with Crippen LogP contribution in [0.25, 0.3) is 10.2 Å². The van der Waals surface area contributed by atoms with E-state index in [2.05, 4.69) is 33.3 Å². The number of nitrogens with two attached hydrogens (primary N) is 1. The number of aryl methyl sites for hydroxylation is 3. The van der Waals surface area contributed by atoms with E-state index in [9.17, 15) is 0 Å². The summed E-state index contributed by atoms with van der Waals surface area (Å²) in [7, 11) is 0. The number of hydrogen-bond donors (Lipinski definition) is 2. The van der Waals surface area contributed by atoms with Crippen molar-refractivity contribution in [2.45, 2.75) is 20.8 Å². The fraction of sp³-hybridized carbons (Fsp3) is 0.150. The highest BCUT2D eigenvalue weighted by molar-refractivity contribution is 7.22. The maximum Gasteiger partial charge on any atom is 0.248 e. The predicted molar refractivity (Wildman–Crippen MR) is 115 cm³/mol. The van der Waals surface area contributed by atoms with Gasteiger partial charge in [0.2, 0.25) is 5.88 Å². The quantitative estimate of drug-likeness (QED) is 0.442. The summed E-state index contributed by atoms with van der Waals surface area (Å²) in [4.78, 5) is 13.0. The highest BCUT2D eigenvalue weighted by Gasteiger charge is 2.14. The van der Waals surface area contributed by atoms with Gasteiger partial charge in [0.1, 0.15) is 17.8 Å². The minimum absolute atomic E-state index is 0.274. The molecule has 28 heavy (non-hydrogen) atoms. The SMILES string of the molecule is Cc1ccc2nc(Nc3ncnc(Oc4cc(C)c(Cl)c(C)c4)c3N)sc2c1. The van der Waals surface area contributed by atoms with Gasteiger partial charge in [0.05, 0.1) is 10.2 Å². The van der Waals surface area contributed by atoms with Crippen molar-refractivity contribution >= 4 is 49.8 Å². The molecule has 4 rings (SSSR count). The van der Waals surface area contributed by atoms with Crippen LogP contribution in [0.3, 0.4) is 0 Å². The Hall–Kier alpha value is -2.90. The van der Waals surface area contributed by atoms with E-state index in [1.54, 1.807) is 0 Å². The standard InChI is InChI=1S/C20H18ClN5OS/c1-10-4-5-14-15(6-10)28-20(25-14)26-18-17(22)19(24-9-23-18)27-13-7-11(2)16(21)12(3)8-13/h4-9H,22H2,1-3H3,(H,23,24,25,26). The molecule has 0 atom stereocenters. The zero-order chi connectivity index (χ0) is 19.8. The molecule has 0 amide bonds. The van der Waals surface area contributed by atoms with Crippen LogP contribution in [0.15, 0.2) is 36.7 Å². The summed E-state index contributed by atoms with van der Waals surface area (Å²) in [6.07, 6.45) is 1.40. The normalized spacial score (nSPS) is 11.0. The second kappa shape index (κ2) is 7.26. The van der Waals surface area contributed by atoms with Crippen molar-refractivity contribution in [1.29, 1.82) is 0 Å². The Kier molecular flexibility index (Phi) is 4.78. The molecule has 3 N–H and O–H groups in total. The van der Waals surface area contributed by atoms with Crippen LogP contribution < -0.4 is 15.8 Å². The highest BCUT2D eigenvalue weighted by Crippen LogP contribution is 2.35. The van der Waals surface area contributed by atoms with Gasteiger partial charge < -0.3 is 15.8 Å². The third kappa shape index (κ3) is 3.58. The molecule has 0 saturated heterocycles. The Balaban J connectivity index is 1.62. The van der Waals surface area contributed by atoms with Crippen molar-refractivity contribution < 1.29 is 4.74 Å². The first-order valence-electron chi connectivity index (χ1n) is 8.60. The third-order valence-electron chi connectivity index (χ3n) is 4.24. The summed E-state index contributed by atoms with van der Waals surface area (Å²) >= 11 is 7.76. The molecule has 8 heteroatoms. The number of benzene rings is 2. The van der Waals surface area contributed by atoms with Gasteiger partial charge >= 0.3 is 0 Å². The number of nitrogens with zero attached hydrogens (tertiary/aromatic N) is 3. The Morgan fingerprint density at radius 1 is 1.07 bits per heavy atom. The fourth-order valence-electron chi connectivity index (χ4n) is 2.82. The number of halogens is 1. The van der Waals surface area contributed by atoms with E-state index in [-0.39, 0.29) is 5.88 Å². The average molecular weight is 412 g/mol. The molecule has 0 fully saturated rings. The maximum atomic E-state index is 6.24. The molecule has 0 aliphatic carbocycles. The number of nitrogen functional groups attached to an aromatic ring is 1. The van der Waals surface area contributed by atoms with Crippen molar-refractivity contribution in [3.05, 3.63) is 58.4 Å². The zero-order valence-electron chi connectivity index (χ0n) is 15.6. The van der Waals surface area contributed by atoms with Crippen molar-refractivity contribution in [3.8, 4) is 11.6 Å². The molecule has 0 aliphatic rings. The van der Waals surface area contributed by atoms with Gasteiger partial charge in [0.15, 0.2) is 10.9 Å². The highest BCUT2D eigenvalue weighted by atomic mass is 35.5. The van der Waals surface area contributed by atoms with Crippen LogP contribution in [0, 0.1) is 20.8 Å². The second-order valence-corrected chi connectivity index (χ2v) is 7.94. The minimum Gasteiger partial charge on any atom is -0.437 e. The monoisotopic (exact) mass is 411 g/mol. The molecule has 2 aromatic carbocycles. The number of nitrogens with one attached hydrogen (secondary N) is 1. The van der Waals surface area contributed by atoms with Crippen LogP contribution in [-0.2, 0) is 0 Å². The minimum atomic E-state index is 0.274. The van der Waals surface area contributed by atoms with E-state index < -0.39 is 0 Å². The maximum absolute atomic E-state index is 6.24. The van der Waals surface area contributed by atoms with Crippen LogP contribution >= 0.6 is 22.9 Å². The summed E-state index contributed by atoms with van der Waals surface area (Å²) in [6, 6.07) is 9.82. The molecule has 0 bridgehead atoms. The lowest BCUT2D eigenvalue weighted by Gasteiger charge is -2.12. The average Bonchev–Trinajstić information content (AvgIpc) is 3.04. The van der Waals surface area contributed by atoms with Crippen molar-refractivity contribution in [2.24, 2.45) is 0 Å². The van der Waals surface area contributed by atoms with E-state index in [0.29, 0.717) is 22.4 Å². The summed E-state index contributed by atoms with van der Waals surface area (Å²) in [5, 5.41) is 4.59. The Morgan fingerprint density at radius 2 is 1.82 bits per heavy atom. The van der Waals surface area contributed by atoms with Crippen LogP contribution in [0.4, 0.5) is 16.6 Å². The summed E-state index contributed by atoms with van der Waals surface area (Å²) < 4.78 is 6.98. The molecule has 0 spiro atoms. The second-order valence-electron chi connectivity index (χ2n) is 6.53. The van der Waals surface area contributed by atoms with Gasteiger partial charge in [-0.15, -0.1) is 0 Å².